The SMILES string of the molecule is CCNC(=O)CCNC(=O)CC(CN)OC. The molecule has 0 aliphatic carbocycles. The smallest absolute Gasteiger partial charge is 0.222 e. The molecule has 0 radical (unpaired) electrons. The second-order valence-corrected chi connectivity index (χ2v) is 3.35. The standard InChI is InChI=1S/C10H21N3O3/c1-3-12-9(14)4-5-13-10(15)6-8(7-11)16-2/h8H,3-7,11H2,1-2H3,(H,12,14)(H,13,15). The van der Waals surface area contributed by atoms with Gasteiger partial charge in [-0.25, -0.2) is 0 Å². The number of amides is 2. The van der Waals surface area contributed by atoms with Crippen molar-refractivity contribution in [3.05, 3.63) is 0 Å². The second-order valence-electron chi connectivity index (χ2n) is 3.35. The molecule has 2 amide bonds. The highest BCUT2D eigenvalue weighted by molar-refractivity contribution is 5.79. The molecule has 6 nitrogen and oxygen atoms in total. The largest absolute Gasteiger partial charge is 0.380 e. The van der Waals surface area contributed by atoms with Crippen LogP contribution in [0, 0.1) is 0 Å². The third-order valence-electron chi connectivity index (χ3n) is 2.06. The van der Waals surface area contributed by atoms with Crippen LogP contribution in [0.15, 0.2) is 0 Å². The van der Waals surface area contributed by atoms with E-state index in [4.69, 9.17) is 10.5 Å². The van der Waals surface area contributed by atoms with Crippen molar-refractivity contribution in [2.45, 2.75) is 25.9 Å². The maximum Gasteiger partial charge on any atom is 0.222 e. The summed E-state index contributed by atoms with van der Waals surface area (Å²) in [5.74, 6) is -0.216. The third-order valence-corrected chi connectivity index (χ3v) is 2.06. The lowest BCUT2D eigenvalue weighted by Gasteiger charge is -2.12. The van der Waals surface area contributed by atoms with Gasteiger partial charge >= 0.3 is 0 Å². The van der Waals surface area contributed by atoms with Crippen molar-refractivity contribution in [1.29, 1.82) is 0 Å². The third kappa shape index (κ3) is 7.19. The van der Waals surface area contributed by atoms with Gasteiger partial charge in [-0.1, -0.05) is 0 Å². The zero-order valence-corrected chi connectivity index (χ0v) is 9.91. The lowest BCUT2D eigenvalue weighted by molar-refractivity contribution is -0.123. The quantitative estimate of drug-likeness (QED) is 0.499. The molecule has 0 aliphatic heterocycles. The Labute approximate surface area is 95.9 Å². The molecular formula is C10H21N3O3. The first-order valence-corrected chi connectivity index (χ1v) is 5.40. The highest BCUT2D eigenvalue weighted by Gasteiger charge is 2.11. The van der Waals surface area contributed by atoms with E-state index in [-0.39, 0.29) is 24.3 Å². The lowest BCUT2D eigenvalue weighted by atomic mass is 10.2. The van der Waals surface area contributed by atoms with Crippen LogP contribution in [0.3, 0.4) is 0 Å². The van der Waals surface area contributed by atoms with Gasteiger partial charge in [-0.15, -0.1) is 0 Å². The number of nitrogens with one attached hydrogen (secondary N) is 2. The van der Waals surface area contributed by atoms with Gasteiger partial charge in [-0.3, -0.25) is 9.59 Å². The number of hydrogen-bond donors (Lipinski definition) is 3. The fourth-order valence-corrected chi connectivity index (χ4v) is 1.14. The zero-order chi connectivity index (χ0) is 12.4. The Bertz CT molecular complexity index is 217. The second kappa shape index (κ2) is 9.11. The highest BCUT2D eigenvalue weighted by Crippen LogP contribution is 1.94. The summed E-state index contributed by atoms with van der Waals surface area (Å²) < 4.78 is 4.97. The van der Waals surface area contributed by atoms with Crippen LogP contribution in [-0.2, 0) is 14.3 Å². The minimum Gasteiger partial charge on any atom is -0.380 e. The van der Waals surface area contributed by atoms with Crippen LogP contribution >= 0.6 is 0 Å². The first-order valence-electron chi connectivity index (χ1n) is 5.40. The maximum atomic E-state index is 11.3. The first-order chi connectivity index (χ1) is 7.63. The molecule has 0 rings (SSSR count). The summed E-state index contributed by atoms with van der Waals surface area (Å²) in [5, 5.41) is 5.28. The Hall–Kier alpha value is -1.14. The van der Waals surface area contributed by atoms with Crippen molar-refractivity contribution >= 4 is 11.8 Å². The Kier molecular flexibility index (Phi) is 8.46. The summed E-state index contributed by atoms with van der Waals surface area (Å²) in [6.45, 7) is 3.10. The lowest BCUT2D eigenvalue weighted by Crippen LogP contribution is -2.34. The predicted molar refractivity (Wildman–Crippen MR) is 60.8 cm³/mol. The maximum absolute atomic E-state index is 11.3. The number of hydrogen-bond acceptors (Lipinski definition) is 4. The molecule has 0 aliphatic rings. The van der Waals surface area contributed by atoms with Crippen molar-refractivity contribution in [3.63, 3.8) is 0 Å². The van der Waals surface area contributed by atoms with Gasteiger partial charge < -0.3 is 21.1 Å². The molecule has 16 heavy (non-hydrogen) atoms. The van der Waals surface area contributed by atoms with Gasteiger partial charge in [-0.2, -0.15) is 0 Å². The summed E-state index contributed by atoms with van der Waals surface area (Å²) in [7, 11) is 1.51. The van der Waals surface area contributed by atoms with E-state index >= 15 is 0 Å². The summed E-state index contributed by atoms with van der Waals surface area (Å²) in [6.07, 6.45) is 0.256. The van der Waals surface area contributed by atoms with Crippen molar-refractivity contribution in [2.24, 2.45) is 5.73 Å². The monoisotopic (exact) mass is 231 g/mol. The van der Waals surface area contributed by atoms with E-state index < -0.39 is 0 Å². The van der Waals surface area contributed by atoms with Crippen LogP contribution in [-0.4, -0.2) is 44.7 Å². The molecule has 4 N–H and O–H groups in total. The average molecular weight is 231 g/mol. The van der Waals surface area contributed by atoms with Gasteiger partial charge in [0.05, 0.1) is 12.5 Å². The molecule has 1 atom stereocenters. The normalized spacial score (nSPS) is 11.9. The van der Waals surface area contributed by atoms with E-state index in [0.29, 0.717) is 26.1 Å². The molecule has 0 aromatic heterocycles. The molecule has 0 aromatic carbocycles. The first kappa shape index (κ1) is 14.9. The van der Waals surface area contributed by atoms with Crippen LogP contribution in [0.5, 0.6) is 0 Å². The summed E-state index contributed by atoms with van der Waals surface area (Å²) >= 11 is 0. The Morgan fingerprint density at radius 2 is 2.00 bits per heavy atom. The molecular weight excluding hydrogens is 210 g/mol. The van der Waals surface area contributed by atoms with Crippen LogP contribution < -0.4 is 16.4 Å². The van der Waals surface area contributed by atoms with Gasteiger partial charge in [0, 0.05) is 33.2 Å². The number of carbonyl (C=O) groups excluding carboxylic acids is 2. The van der Waals surface area contributed by atoms with Gasteiger partial charge in [0.25, 0.3) is 0 Å². The molecule has 0 spiro atoms. The van der Waals surface area contributed by atoms with E-state index in [1.807, 2.05) is 6.92 Å². The molecule has 0 aromatic rings. The Morgan fingerprint density at radius 1 is 1.31 bits per heavy atom. The molecule has 6 heteroatoms. The fraction of sp³-hybridized carbons (Fsp3) is 0.800. The van der Waals surface area contributed by atoms with Gasteiger partial charge in [0.15, 0.2) is 0 Å². The highest BCUT2D eigenvalue weighted by atomic mass is 16.5. The fourth-order valence-electron chi connectivity index (χ4n) is 1.14. The topological polar surface area (TPSA) is 93.5 Å². The van der Waals surface area contributed by atoms with Gasteiger partial charge in [0.1, 0.15) is 0 Å². The van der Waals surface area contributed by atoms with Crippen molar-refractivity contribution < 1.29 is 14.3 Å². The van der Waals surface area contributed by atoms with Crippen LogP contribution in [0.1, 0.15) is 19.8 Å². The summed E-state index contributed by atoms with van der Waals surface area (Å²) in [4.78, 5) is 22.4. The minimum absolute atomic E-state index is 0.0649. The van der Waals surface area contributed by atoms with Crippen LogP contribution in [0.4, 0.5) is 0 Å². The summed E-state index contributed by atoms with van der Waals surface area (Å²) in [5.41, 5.74) is 5.38. The van der Waals surface area contributed by atoms with Crippen molar-refractivity contribution in [1.82, 2.24) is 10.6 Å². The number of rotatable bonds is 8. The zero-order valence-electron chi connectivity index (χ0n) is 9.91. The van der Waals surface area contributed by atoms with E-state index in [0.717, 1.165) is 0 Å². The molecule has 0 saturated heterocycles. The number of methoxy groups -OCH3 is 1. The average Bonchev–Trinajstić information content (AvgIpc) is 2.26. The molecule has 0 bridgehead atoms. The molecule has 0 fully saturated rings. The minimum atomic E-state index is -0.260. The van der Waals surface area contributed by atoms with E-state index in [2.05, 4.69) is 10.6 Å². The van der Waals surface area contributed by atoms with Crippen molar-refractivity contribution in [2.75, 3.05) is 26.7 Å². The van der Waals surface area contributed by atoms with Crippen LogP contribution in [0.25, 0.3) is 0 Å². The molecule has 0 heterocycles. The number of ether oxygens (including phenoxy) is 1. The van der Waals surface area contributed by atoms with E-state index in [9.17, 15) is 9.59 Å². The van der Waals surface area contributed by atoms with E-state index in [1.54, 1.807) is 0 Å². The molecule has 1 unspecified atom stereocenters. The summed E-state index contributed by atoms with van der Waals surface area (Å²) in [6, 6.07) is 0. The van der Waals surface area contributed by atoms with Gasteiger partial charge in [0.2, 0.25) is 11.8 Å². The van der Waals surface area contributed by atoms with E-state index in [1.165, 1.54) is 7.11 Å². The van der Waals surface area contributed by atoms with Gasteiger partial charge in [-0.05, 0) is 6.92 Å². The number of carbonyl (C=O) groups is 2. The number of nitrogens with two attached hydrogens (primary N) is 1. The Morgan fingerprint density at radius 3 is 2.50 bits per heavy atom. The predicted octanol–water partition coefficient (Wildman–Crippen LogP) is -1.01. The molecule has 94 valence electrons. The van der Waals surface area contributed by atoms with Crippen LogP contribution in [0.2, 0.25) is 0 Å². The van der Waals surface area contributed by atoms with Crippen molar-refractivity contribution in [3.8, 4) is 0 Å². The Balaban J connectivity index is 3.61. The molecule has 0 saturated carbocycles.